The average molecular weight is 204 g/mol. The third kappa shape index (κ3) is 2.79. The minimum absolute atomic E-state index is 0.0353. The Labute approximate surface area is 76.5 Å². The first-order chi connectivity index (χ1) is 5.89. The molecule has 74 valence electrons. The summed E-state index contributed by atoms with van der Waals surface area (Å²) >= 11 is 0. The molecule has 0 spiro atoms. The van der Waals surface area contributed by atoms with Gasteiger partial charge >= 0.3 is 0 Å². The van der Waals surface area contributed by atoms with E-state index in [1.807, 2.05) is 0 Å². The molecule has 1 heterocycles. The standard InChI is InChI=1S/C6H12N4O2S/c1-5(11)4-10-3-2-6(9-10)13(7,8)12/h2-3,5,11H,4H2,1H3,(H3,7,8,12)/t5-/m1/s1. The van der Waals surface area contributed by atoms with Crippen LogP contribution in [0.15, 0.2) is 17.3 Å². The molecule has 0 bridgehead atoms. The minimum Gasteiger partial charge on any atom is -0.391 e. The van der Waals surface area contributed by atoms with Crippen molar-refractivity contribution in [2.45, 2.75) is 24.6 Å². The van der Waals surface area contributed by atoms with Crippen LogP contribution in [0.3, 0.4) is 0 Å². The van der Waals surface area contributed by atoms with Gasteiger partial charge in [-0.25, -0.2) is 14.1 Å². The van der Waals surface area contributed by atoms with Gasteiger partial charge in [0.05, 0.1) is 12.6 Å². The van der Waals surface area contributed by atoms with Gasteiger partial charge in [-0.05, 0) is 13.0 Å². The molecule has 0 saturated carbocycles. The second-order valence-electron chi connectivity index (χ2n) is 2.83. The number of aliphatic hydroxyl groups is 1. The molecule has 6 nitrogen and oxygen atoms in total. The summed E-state index contributed by atoms with van der Waals surface area (Å²) < 4.78 is 19.4. The normalized spacial score (nSPS) is 18.1. The highest BCUT2D eigenvalue weighted by molar-refractivity contribution is 7.90. The molecule has 0 amide bonds. The van der Waals surface area contributed by atoms with Gasteiger partial charge in [-0.1, -0.05) is 0 Å². The molecule has 1 aromatic rings. The molecule has 1 unspecified atom stereocenters. The van der Waals surface area contributed by atoms with E-state index >= 15 is 0 Å². The summed E-state index contributed by atoms with van der Waals surface area (Å²) in [5.41, 5.74) is 0. The van der Waals surface area contributed by atoms with Gasteiger partial charge in [-0.3, -0.25) is 4.68 Å². The van der Waals surface area contributed by atoms with Crippen molar-refractivity contribution in [1.82, 2.24) is 9.78 Å². The van der Waals surface area contributed by atoms with Crippen molar-refractivity contribution >= 4 is 9.92 Å². The van der Waals surface area contributed by atoms with Gasteiger partial charge < -0.3 is 5.11 Å². The summed E-state index contributed by atoms with van der Waals surface area (Å²) in [7, 11) is -3.23. The number of nitrogens with zero attached hydrogens (tertiary/aromatic N) is 2. The van der Waals surface area contributed by atoms with Crippen molar-refractivity contribution in [1.29, 1.82) is 4.78 Å². The molecule has 2 atom stereocenters. The van der Waals surface area contributed by atoms with Gasteiger partial charge in [0.1, 0.15) is 0 Å². The first-order valence-corrected chi connectivity index (χ1v) is 5.30. The topological polar surface area (TPSA) is 105 Å². The predicted octanol–water partition coefficient (Wildman–Crippen LogP) is -0.457. The molecule has 0 radical (unpaired) electrons. The largest absolute Gasteiger partial charge is 0.391 e. The van der Waals surface area contributed by atoms with Gasteiger partial charge in [0.25, 0.3) is 0 Å². The zero-order chi connectivity index (χ0) is 10.1. The molecule has 0 aliphatic rings. The van der Waals surface area contributed by atoms with Crippen molar-refractivity contribution in [3.8, 4) is 0 Å². The van der Waals surface area contributed by atoms with Crippen LogP contribution in [0.2, 0.25) is 0 Å². The molecule has 4 N–H and O–H groups in total. The molecule has 0 fully saturated rings. The first kappa shape index (κ1) is 10.2. The maximum Gasteiger partial charge on any atom is 0.172 e. The van der Waals surface area contributed by atoms with Crippen LogP contribution in [0.5, 0.6) is 0 Å². The van der Waals surface area contributed by atoms with Gasteiger partial charge in [0.15, 0.2) is 14.9 Å². The van der Waals surface area contributed by atoms with Crippen LogP contribution in [0.1, 0.15) is 6.92 Å². The Morgan fingerprint density at radius 2 is 2.54 bits per heavy atom. The SMILES string of the molecule is C[C@@H](O)Cn1ccc(S(=N)(N)=O)n1. The fraction of sp³-hybridized carbons (Fsp3) is 0.500. The quantitative estimate of drug-likeness (QED) is 0.620. The average Bonchev–Trinajstić information content (AvgIpc) is 2.32. The maximum absolute atomic E-state index is 11.0. The third-order valence-corrected chi connectivity index (χ3v) is 2.22. The van der Waals surface area contributed by atoms with E-state index in [2.05, 4.69) is 5.10 Å². The summed E-state index contributed by atoms with van der Waals surface area (Å²) in [5.74, 6) is 0. The van der Waals surface area contributed by atoms with Crippen LogP contribution in [0.4, 0.5) is 0 Å². The minimum atomic E-state index is -3.23. The van der Waals surface area contributed by atoms with Gasteiger partial charge in [-0.15, -0.1) is 0 Å². The monoisotopic (exact) mass is 204 g/mol. The second-order valence-corrected chi connectivity index (χ2v) is 4.45. The van der Waals surface area contributed by atoms with E-state index in [4.69, 9.17) is 15.0 Å². The predicted molar refractivity (Wildman–Crippen MR) is 47.2 cm³/mol. The summed E-state index contributed by atoms with van der Waals surface area (Å²) in [6.07, 6.45) is 0.996. The van der Waals surface area contributed by atoms with E-state index in [1.165, 1.54) is 16.9 Å². The van der Waals surface area contributed by atoms with Crippen LogP contribution >= 0.6 is 0 Å². The van der Waals surface area contributed by atoms with E-state index in [0.29, 0.717) is 6.54 Å². The molecule has 0 aliphatic carbocycles. The highest BCUT2D eigenvalue weighted by atomic mass is 32.2. The van der Waals surface area contributed by atoms with Gasteiger partial charge in [-0.2, -0.15) is 5.10 Å². The number of nitrogens with one attached hydrogen (secondary N) is 1. The molecule has 13 heavy (non-hydrogen) atoms. The van der Waals surface area contributed by atoms with Crippen LogP contribution < -0.4 is 5.14 Å². The van der Waals surface area contributed by atoms with E-state index in [0.717, 1.165) is 0 Å². The zero-order valence-corrected chi connectivity index (χ0v) is 7.99. The molecular weight excluding hydrogens is 192 g/mol. The molecule has 1 rings (SSSR count). The molecule has 0 aromatic carbocycles. The zero-order valence-electron chi connectivity index (χ0n) is 7.17. The van der Waals surface area contributed by atoms with Gasteiger partial charge in [0, 0.05) is 6.20 Å². The van der Waals surface area contributed by atoms with E-state index in [-0.39, 0.29) is 5.03 Å². The lowest BCUT2D eigenvalue weighted by molar-refractivity contribution is 0.168. The van der Waals surface area contributed by atoms with E-state index in [9.17, 15) is 4.21 Å². The molecule has 0 saturated heterocycles. The lowest BCUT2D eigenvalue weighted by Gasteiger charge is -2.02. The van der Waals surface area contributed by atoms with Crippen LogP contribution in [0, 0.1) is 4.78 Å². The number of nitrogens with two attached hydrogens (primary N) is 1. The molecule has 7 heteroatoms. The first-order valence-electron chi connectivity index (χ1n) is 3.67. The fourth-order valence-electron chi connectivity index (χ4n) is 0.877. The Hall–Kier alpha value is -0.920. The van der Waals surface area contributed by atoms with Crippen LogP contribution in [0.25, 0.3) is 0 Å². The van der Waals surface area contributed by atoms with Crippen molar-refractivity contribution < 1.29 is 9.32 Å². The Balaban J connectivity index is 2.88. The number of aliphatic hydroxyl groups excluding tert-OH is 1. The summed E-state index contributed by atoms with van der Waals surface area (Å²) in [6.45, 7) is 1.91. The Bertz CT molecular complexity index is 381. The lowest BCUT2D eigenvalue weighted by atomic mass is 10.4. The number of hydrogen-bond acceptors (Lipinski definition) is 4. The molecular formula is C6H12N4O2S. The van der Waals surface area contributed by atoms with Crippen molar-refractivity contribution in [2.75, 3.05) is 0 Å². The highest BCUT2D eigenvalue weighted by Gasteiger charge is 2.08. The Kier molecular flexibility index (Phi) is 2.69. The third-order valence-electron chi connectivity index (χ3n) is 1.38. The Morgan fingerprint density at radius 1 is 1.92 bits per heavy atom. The lowest BCUT2D eigenvalue weighted by Crippen LogP contribution is -2.15. The Morgan fingerprint density at radius 3 is 2.92 bits per heavy atom. The smallest absolute Gasteiger partial charge is 0.172 e. The number of hydrogen-bond donors (Lipinski definition) is 3. The maximum atomic E-state index is 11.0. The fourth-order valence-corrected chi connectivity index (χ4v) is 1.37. The van der Waals surface area contributed by atoms with Crippen LogP contribution in [-0.4, -0.2) is 25.2 Å². The van der Waals surface area contributed by atoms with Crippen LogP contribution in [-0.2, 0) is 16.5 Å². The number of aromatic nitrogens is 2. The summed E-state index contributed by atoms with van der Waals surface area (Å²) in [5, 5.41) is 17.9. The molecule has 0 aliphatic heterocycles. The van der Waals surface area contributed by atoms with Gasteiger partial charge in [0.2, 0.25) is 0 Å². The van der Waals surface area contributed by atoms with E-state index in [1.54, 1.807) is 6.92 Å². The van der Waals surface area contributed by atoms with E-state index < -0.39 is 16.0 Å². The second kappa shape index (κ2) is 3.44. The molecule has 1 aromatic heterocycles. The highest BCUT2D eigenvalue weighted by Crippen LogP contribution is 2.02. The summed E-state index contributed by atoms with van der Waals surface area (Å²) in [4.78, 5) is 0. The van der Waals surface area contributed by atoms with Crippen molar-refractivity contribution in [3.63, 3.8) is 0 Å². The van der Waals surface area contributed by atoms with Crippen molar-refractivity contribution in [2.24, 2.45) is 5.14 Å². The van der Waals surface area contributed by atoms with Crippen molar-refractivity contribution in [3.05, 3.63) is 12.3 Å². The summed E-state index contributed by atoms with van der Waals surface area (Å²) in [6, 6.07) is 1.41. The number of rotatable bonds is 3.